The van der Waals surface area contributed by atoms with Gasteiger partial charge in [-0.15, -0.1) is 0 Å². The zero-order valence-electron chi connectivity index (χ0n) is 14.2. The third kappa shape index (κ3) is 3.13. The first-order chi connectivity index (χ1) is 10.9. The number of benzene rings is 1. The number of ether oxygens (including phenoxy) is 1. The normalized spacial score (nSPS) is 10.5. The fourth-order valence-electron chi connectivity index (χ4n) is 2.60. The molecule has 122 valence electrons. The Balaban J connectivity index is 2.38. The molecule has 0 spiro atoms. The van der Waals surface area contributed by atoms with Crippen LogP contribution in [-0.2, 0) is 11.2 Å². The van der Waals surface area contributed by atoms with E-state index in [0.717, 1.165) is 16.8 Å². The van der Waals surface area contributed by atoms with Crippen molar-refractivity contribution in [1.29, 1.82) is 0 Å². The van der Waals surface area contributed by atoms with E-state index >= 15 is 0 Å². The molecule has 0 saturated carbocycles. The van der Waals surface area contributed by atoms with Crippen LogP contribution < -0.4 is 5.32 Å². The third-order valence-electron chi connectivity index (χ3n) is 4.15. The summed E-state index contributed by atoms with van der Waals surface area (Å²) in [6, 6.07) is 5.76. The largest absolute Gasteiger partial charge is 0.465 e. The van der Waals surface area contributed by atoms with Crippen LogP contribution in [0.15, 0.2) is 18.2 Å². The van der Waals surface area contributed by atoms with Crippen LogP contribution in [0.1, 0.15) is 50.2 Å². The number of rotatable bonds is 4. The molecular weight excluding hydrogens is 292 g/mol. The van der Waals surface area contributed by atoms with Crippen LogP contribution in [0.2, 0.25) is 0 Å². The first-order valence-electron chi connectivity index (χ1n) is 7.58. The topological polar surface area (TPSA) is 71.2 Å². The fourth-order valence-corrected chi connectivity index (χ4v) is 2.60. The molecule has 0 fully saturated rings. The Morgan fingerprint density at radius 3 is 2.48 bits per heavy atom. The van der Waals surface area contributed by atoms with Gasteiger partial charge in [0.25, 0.3) is 5.91 Å². The van der Waals surface area contributed by atoms with Gasteiger partial charge in [0, 0.05) is 11.4 Å². The number of H-pyrrole nitrogens is 1. The van der Waals surface area contributed by atoms with Gasteiger partial charge in [-0.2, -0.15) is 0 Å². The second-order valence-corrected chi connectivity index (χ2v) is 5.53. The third-order valence-corrected chi connectivity index (χ3v) is 4.15. The Morgan fingerprint density at radius 2 is 1.87 bits per heavy atom. The van der Waals surface area contributed by atoms with E-state index in [2.05, 4.69) is 10.3 Å². The Morgan fingerprint density at radius 1 is 1.17 bits per heavy atom. The van der Waals surface area contributed by atoms with Crippen molar-refractivity contribution in [2.75, 3.05) is 12.4 Å². The summed E-state index contributed by atoms with van der Waals surface area (Å²) in [5, 5.41) is 2.91. The molecule has 0 saturated heterocycles. The lowest BCUT2D eigenvalue weighted by molar-refractivity contribution is 0.0599. The number of aryl methyl sites for hydroxylation is 2. The molecule has 23 heavy (non-hydrogen) atoms. The highest BCUT2D eigenvalue weighted by atomic mass is 16.5. The number of hydrogen-bond donors (Lipinski definition) is 2. The number of nitrogens with one attached hydrogen (secondary N) is 2. The fraction of sp³-hybridized carbons (Fsp3) is 0.333. The molecule has 1 amide bonds. The molecule has 2 rings (SSSR count). The molecule has 2 N–H and O–H groups in total. The molecule has 1 aromatic carbocycles. The Kier molecular flexibility index (Phi) is 4.89. The number of carbonyl (C=O) groups excluding carboxylic acids is 2. The SMILES string of the molecule is CCc1[nH]c(C(=O)Nc2cccc(C)c2C)c(C)c1C(=O)OC. The molecule has 1 aromatic heterocycles. The number of methoxy groups -OCH3 is 1. The minimum absolute atomic E-state index is 0.263. The van der Waals surface area contributed by atoms with Crippen LogP contribution in [-0.4, -0.2) is 24.0 Å². The summed E-state index contributed by atoms with van der Waals surface area (Å²) >= 11 is 0. The summed E-state index contributed by atoms with van der Waals surface area (Å²) in [5.74, 6) is -0.692. The minimum Gasteiger partial charge on any atom is -0.465 e. The van der Waals surface area contributed by atoms with Gasteiger partial charge in [-0.1, -0.05) is 19.1 Å². The van der Waals surface area contributed by atoms with E-state index in [4.69, 9.17) is 4.74 Å². The standard InChI is InChI=1S/C18H22N2O3/c1-6-13-15(18(22)23-5)12(4)16(19-13)17(21)20-14-9-7-8-10(2)11(14)3/h7-9,19H,6H2,1-5H3,(H,20,21). The number of hydrogen-bond acceptors (Lipinski definition) is 3. The van der Waals surface area contributed by atoms with Crippen molar-refractivity contribution in [1.82, 2.24) is 4.98 Å². The van der Waals surface area contributed by atoms with Gasteiger partial charge in [-0.25, -0.2) is 4.79 Å². The van der Waals surface area contributed by atoms with Crippen molar-refractivity contribution in [2.24, 2.45) is 0 Å². The summed E-state index contributed by atoms with van der Waals surface area (Å²) < 4.78 is 4.82. The van der Waals surface area contributed by atoms with E-state index in [1.54, 1.807) is 6.92 Å². The molecule has 0 unspecified atom stereocenters. The molecule has 0 bridgehead atoms. The lowest BCUT2D eigenvalue weighted by Crippen LogP contribution is -2.15. The summed E-state index contributed by atoms with van der Waals surface area (Å²) in [5.41, 5.74) is 5.05. The Labute approximate surface area is 136 Å². The lowest BCUT2D eigenvalue weighted by atomic mass is 10.1. The van der Waals surface area contributed by atoms with Crippen molar-refractivity contribution < 1.29 is 14.3 Å². The van der Waals surface area contributed by atoms with Gasteiger partial charge >= 0.3 is 5.97 Å². The van der Waals surface area contributed by atoms with E-state index in [1.807, 2.05) is 39.0 Å². The van der Waals surface area contributed by atoms with Crippen LogP contribution in [0, 0.1) is 20.8 Å². The quantitative estimate of drug-likeness (QED) is 0.848. The van der Waals surface area contributed by atoms with Crippen molar-refractivity contribution in [3.05, 3.63) is 51.8 Å². The Bertz CT molecular complexity index is 760. The van der Waals surface area contributed by atoms with Gasteiger partial charge in [-0.05, 0) is 49.9 Å². The molecule has 0 aliphatic carbocycles. The second-order valence-electron chi connectivity index (χ2n) is 5.53. The number of esters is 1. The average molecular weight is 314 g/mol. The van der Waals surface area contributed by atoms with Gasteiger partial charge in [0.1, 0.15) is 5.69 Å². The Hall–Kier alpha value is -2.56. The van der Waals surface area contributed by atoms with Crippen LogP contribution in [0.25, 0.3) is 0 Å². The molecule has 5 nitrogen and oxygen atoms in total. The van der Waals surface area contributed by atoms with Crippen molar-refractivity contribution in [3.63, 3.8) is 0 Å². The number of aromatic nitrogens is 1. The van der Waals surface area contributed by atoms with E-state index in [1.165, 1.54) is 7.11 Å². The predicted octanol–water partition coefficient (Wildman–Crippen LogP) is 3.54. The highest BCUT2D eigenvalue weighted by molar-refractivity contribution is 6.07. The maximum Gasteiger partial charge on any atom is 0.339 e. The molecular formula is C18H22N2O3. The van der Waals surface area contributed by atoms with Crippen molar-refractivity contribution in [2.45, 2.75) is 34.1 Å². The number of aromatic amines is 1. The molecule has 1 heterocycles. The average Bonchev–Trinajstić information content (AvgIpc) is 2.87. The second kappa shape index (κ2) is 6.69. The summed E-state index contributed by atoms with van der Waals surface area (Å²) in [6.45, 7) is 7.63. The summed E-state index contributed by atoms with van der Waals surface area (Å²) in [7, 11) is 1.34. The van der Waals surface area contributed by atoms with Gasteiger partial charge in [0.2, 0.25) is 0 Å². The molecule has 0 aliphatic heterocycles. The molecule has 0 atom stereocenters. The van der Waals surface area contributed by atoms with E-state index < -0.39 is 5.97 Å². The maximum absolute atomic E-state index is 12.6. The monoisotopic (exact) mass is 314 g/mol. The van der Waals surface area contributed by atoms with Crippen LogP contribution in [0.3, 0.4) is 0 Å². The van der Waals surface area contributed by atoms with Gasteiger partial charge in [0.15, 0.2) is 0 Å². The minimum atomic E-state index is -0.429. The highest BCUT2D eigenvalue weighted by Crippen LogP contribution is 2.23. The van der Waals surface area contributed by atoms with Gasteiger partial charge < -0.3 is 15.0 Å². The van der Waals surface area contributed by atoms with Crippen LogP contribution in [0.4, 0.5) is 5.69 Å². The maximum atomic E-state index is 12.6. The van der Waals surface area contributed by atoms with Crippen molar-refractivity contribution in [3.8, 4) is 0 Å². The zero-order chi connectivity index (χ0) is 17.1. The van der Waals surface area contributed by atoms with E-state index in [9.17, 15) is 9.59 Å². The molecule has 0 radical (unpaired) electrons. The predicted molar refractivity (Wildman–Crippen MR) is 90.1 cm³/mol. The number of amides is 1. The molecule has 2 aromatic rings. The molecule has 5 heteroatoms. The smallest absolute Gasteiger partial charge is 0.339 e. The summed E-state index contributed by atoms with van der Waals surface area (Å²) in [6.07, 6.45) is 0.613. The van der Waals surface area contributed by atoms with Crippen LogP contribution >= 0.6 is 0 Å². The number of anilines is 1. The number of carbonyl (C=O) groups is 2. The molecule has 0 aliphatic rings. The van der Waals surface area contributed by atoms with E-state index in [-0.39, 0.29) is 5.91 Å². The van der Waals surface area contributed by atoms with Crippen LogP contribution in [0.5, 0.6) is 0 Å². The van der Waals surface area contributed by atoms with E-state index in [0.29, 0.717) is 28.9 Å². The lowest BCUT2D eigenvalue weighted by Gasteiger charge is -2.10. The highest BCUT2D eigenvalue weighted by Gasteiger charge is 2.23. The van der Waals surface area contributed by atoms with Gasteiger partial charge in [0.05, 0.1) is 12.7 Å². The zero-order valence-corrected chi connectivity index (χ0v) is 14.2. The first-order valence-corrected chi connectivity index (χ1v) is 7.58. The first kappa shape index (κ1) is 16.8. The van der Waals surface area contributed by atoms with Gasteiger partial charge in [-0.3, -0.25) is 4.79 Å². The summed E-state index contributed by atoms with van der Waals surface area (Å²) in [4.78, 5) is 27.6. The van der Waals surface area contributed by atoms with Crippen molar-refractivity contribution >= 4 is 17.6 Å².